The molecule has 13 rings (SSSR count). The van der Waals surface area contributed by atoms with Gasteiger partial charge in [0.2, 0.25) is 0 Å². The van der Waals surface area contributed by atoms with Crippen LogP contribution >= 0.6 is 0 Å². The highest BCUT2D eigenvalue weighted by molar-refractivity contribution is 6.04. The minimum absolute atomic E-state index is 0.0594. The second kappa shape index (κ2) is 20.5. The summed E-state index contributed by atoms with van der Waals surface area (Å²) in [4.78, 5) is 31.9. The van der Waals surface area contributed by atoms with Crippen molar-refractivity contribution in [2.75, 3.05) is 0 Å². The van der Waals surface area contributed by atoms with Crippen LogP contribution in [0.2, 0.25) is 0 Å². The van der Waals surface area contributed by atoms with E-state index in [1.165, 1.54) is 27.8 Å². The number of nitrogens with zero attached hydrogens (tertiary/aromatic N) is 8. The zero-order chi connectivity index (χ0) is 53.7. The molecule has 0 saturated heterocycles. The van der Waals surface area contributed by atoms with Crippen LogP contribution in [0.5, 0.6) is 0 Å². The van der Waals surface area contributed by atoms with Gasteiger partial charge in [0.1, 0.15) is 11.6 Å². The lowest BCUT2D eigenvalue weighted by Gasteiger charge is -2.26. The zero-order valence-corrected chi connectivity index (χ0v) is 45.4. The average Bonchev–Trinajstić information content (AvgIpc) is 4.34. The highest BCUT2D eigenvalue weighted by Gasteiger charge is 2.27. The molecule has 0 radical (unpaired) electrons. The maximum absolute atomic E-state index is 5.41. The molecule has 0 aliphatic carbocycles. The summed E-state index contributed by atoms with van der Waals surface area (Å²) >= 11 is 0. The predicted octanol–water partition coefficient (Wildman–Crippen LogP) is 17.9. The number of aromatic nitrogens is 7. The number of rotatable bonds is 12. The molecule has 3 aromatic heterocycles. The van der Waals surface area contributed by atoms with Crippen LogP contribution in [0.15, 0.2) is 223 Å². The highest BCUT2D eigenvalue weighted by Crippen LogP contribution is 2.42. The van der Waals surface area contributed by atoms with E-state index in [9.17, 15) is 0 Å². The molecule has 12 aromatic rings. The monoisotopic (exact) mass is 1020 g/mol. The number of para-hydroxylation sites is 5. The third-order valence-electron chi connectivity index (χ3n) is 15.6. The van der Waals surface area contributed by atoms with Gasteiger partial charge in [-0.2, -0.15) is 0 Å². The Morgan fingerprint density at radius 1 is 0.367 bits per heavy atom. The molecule has 384 valence electrons. The first kappa shape index (κ1) is 49.2. The molecule has 9 aromatic carbocycles. The molecule has 0 N–H and O–H groups in total. The summed E-state index contributed by atoms with van der Waals surface area (Å²) in [6.07, 6.45) is 0.758. The van der Waals surface area contributed by atoms with Crippen molar-refractivity contribution in [3.63, 3.8) is 0 Å². The molecule has 0 fully saturated rings. The topological polar surface area (TPSA) is 86.7 Å². The van der Waals surface area contributed by atoms with E-state index < -0.39 is 0 Å². The molecule has 79 heavy (non-hydrogen) atoms. The first-order chi connectivity index (χ1) is 38.6. The maximum atomic E-state index is 5.41. The van der Waals surface area contributed by atoms with Crippen LogP contribution < -0.4 is 0 Å². The van der Waals surface area contributed by atoms with Crippen LogP contribution in [0.1, 0.15) is 105 Å². The van der Waals surface area contributed by atoms with E-state index in [0.717, 1.165) is 96.3 Å². The normalized spacial score (nSPS) is 13.4. The Kier molecular flexibility index (Phi) is 12.8. The van der Waals surface area contributed by atoms with Crippen molar-refractivity contribution in [3.8, 4) is 68.3 Å². The minimum atomic E-state index is 0.0594. The summed E-state index contributed by atoms with van der Waals surface area (Å²) in [5, 5.41) is 0. The van der Waals surface area contributed by atoms with E-state index in [2.05, 4.69) is 257 Å². The van der Waals surface area contributed by atoms with E-state index >= 15 is 0 Å². The van der Waals surface area contributed by atoms with Crippen LogP contribution in [-0.2, 0) is 0 Å². The second-order valence-electron chi connectivity index (χ2n) is 21.8. The summed E-state index contributed by atoms with van der Waals surface area (Å²) in [6.45, 7) is 13.4. The summed E-state index contributed by atoms with van der Waals surface area (Å²) in [5.41, 5.74) is 20.0. The molecule has 1 aliphatic heterocycles. The number of hydrogen-bond acceptors (Lipinski definition) is 6. The molecule has 8 nitrogen and oxygen atoms in total. The van der Waals surface area contributed by atoms with Crippen LogP contribution in [0.4, 0.5) is 5.69 Å². The summed E-state index contributed by atoms with van der Waals surface area (Å²) in [7, 11) is 0. The number of imidazole rings is 2. The maximum Gasteiger partial charge on any atom is 0.164 e. The van der Waals surface area contributed by atoms with Crippen molar-refractivity contribution < 1.29 is 0 Å². The van der Waals surface area contributed by atoms with Crippen LogP contribution in [0.25, 0.3) is 90.4 Å². The Labute approximate surface area is 462 Å². The number of hydrogen-bond donors (Lipinski definition) is 0. The van der Waals surface area contributed by atoms with Gasteiger partial charge in [-0.1, -0.05) is 199 Å². The molecule has 0 saturated carbocycles. The van der Waals surface area contributed by atoms with Crippen LogP contribution in [-0.4, -0.2) is 39.8 Å². The Morgan fingerprint density at radius 3 is 1.27 bits per heavy atom. The molecule has 0 amide bonds. The van der Waals surface area contributed by atoms with E-state index in [1.54, 1.807) is 0 Å². The van der Waals surface area contributed by atoms with Gasteiger partial charge in [0, 0.05) is 57.2 Å². The van der Waals surface area contributed by atoms with Gasteiger partial charge in [-0.3, -0.25) is 14.1 Å². The molecule has 1 unspecified atom stereocenters. The lowest BCUT2D eigenvalue weighted by molar-refractivity contribution is 0.839. The molecule has 8 heteroatoms. The fraction of sp³-hybridized carbons (Fsp3) is 0.155. The van der Waals surface area contributed by atoms with Crippen molar-refractivity contribution >= 4 is 33.5 Å². The largest absolute Gasteiger partial charge is 0.292 e. The van der Waals surface area contributed by atoms with Crippen molar-refractivity contribution in [2.45, 2.75) is 71.6 Å². The summed E-state index contributed by atoms with van der Waals surface area (Å²) < 4.78 is 4.50. The van der Waals surface area contributed by atoms with Crippen LogP contribution in [0.3, 0.4) is 0 Å². The zero-order valence-electron chi connectivity index (χ0n) is 45.4. The van der Waals surface area contributed by atoms with Gasteiger partial charge in [0.25, 0.3) is 0 Å². The van der Waals surface area contributed by atoms with Crippen molar-refractivity contribution in [1.29, 1.82) is 0 Å². The third-order valence-corrected chi connectivity index (χ3v) is 15.6. The van der Waals surface area contributed by atoms with Gasteiger partial charge < -0.3 is 0 Å². The lowest BCUT2D eigenvalue weighted by Crippen LogP contribution is -2.14. The Balaban J connectivity index is 0.956. The van der Waals surface area contributed by atoms with Gasteiger partial charge in [0.05, 0.1) is 27.8 Å². The molecule has 0 bridgehead atoms. The fourth-order valence-electron chi connectivity index (χ4n) is 11.1. The first-order valence-corrected chi connectivity index (χ1v) is 27.6. The van der Waals surface area contributed by atoms with Crippen molar-refractivity contribution in [2.24, 2.45) is 4.99 Å². The van der Waals surface area contributed by atoms with Gasteiger partial charge in [-0.15, -0.1) is 0 Å². The van der Waals surface area contributed by atoms with Crippen molar-refractivity contribution in [3.05, 3.63) is 252 Å². The predicted molar refractivity (Wildman–Crippen MR) is 324 cm³/mol. The minimum Gasteiger partial charge on any atom is -0.292 e. The first-order valence-electron chi connectivity index (χ1n) is 27.6. The van der Waals surface area contributed by atoms with E-state index in [4.69, 9.17) is 29.9 Å². The average molecular weight is 1030 g/mol. The quantitative estimate of drug-likeness (QED) is 0.122. The lowest BCUT2D eigenvalue weighted by atomic mass is 9.82. The van der Waals surface area contributed by atoms with Crippen molar-refractivity contribution in [1.82, 2.24) is 34.1 Å². The van der Waals surface area contributed by atoms with Gasteiger partial charge in [-0.25, -0.2) is 24.9 Å². The van der Waals surface area contributed by atoms with Gasteiger partial charge in [0.15, 0.2) is 17.5 Å². The summed E-state index contributed by atoms with van der Waals surface area (Å²) in [6, 6.07) is 77.5. The van der Waals surface area contributed by atoms with Crippen LogP contribution in [0, 0.1) is 0 Å². The fourth-order valence-corrected chi connectivity index (χ4v) is 11.1. The molecule has 1 aliphatic rings. The van der Waals surface area contributed by atoms with E-state index in [0.29, 0.717) is 35.2 Å². The molecule has 1 atom stereocenters. The summed E-state index contributed by atoms with van der Waals surface area (Å²) in [5.74, 6) is 4.79. The number of benzene rings is 9. The highest BCUT2D eigenvalue weighted by atomic mass is 15.1. The smallest absolute Gasteiger partial charge is 0.164 e. The Bertz CT molecular complexity index is 4060. The standard InChI is InChI=1S/C71H60N8/c1-44(2)47-28-34-50(35-29-47)64-43-60(59-22-7-8-23-61(59)72-64)53-16-13-17-54(40-53)67-75-68(55-18-14-20-57(41-55)78-65-26-11-9-24-62(65)73-70(78)51-36-30-48(31-37-51)45(3)4)77-69(76-67)56-19-15-21-58(42-56)79-66-27-12-10-25-63(66)74-71(79)52-38-32-49(33-39-52)46(5)6/h7-42,44-46,60H,43H2,1-6H3. The SMILES string of the molecule is CC(C)c1ccc(C2=Nc3ccccc3C(c3cccc(-c4nc(-c5cccc(-n6c(-c7ccc(C(C)C)cc7)nc7ccccc76)c5)nc(-c5cccc(-n6c(-c7ccc(C(C)C)cc7)nc7ccccc76)c5)n4)c3)C2)cc1. The Morgan fingerprint density at radius 2 is 0.785 bits per heavy atom. The van der Waals surface area contributed by atoms with E-state index in [1.807, 2.05) is 12.1 Å². The van der Waals surface area contributed by atoms with Gasteiger partial charge in [-0.05, 0) is 112 Å². The molecule has 4 heterocycles. The second-order valence-corrected chi connectivity index (χ2v) is 21.8. The number of aliphatic imine (C=N–C) groups is 1. The van der Waals surface area contributed by atoms with Gasteiger partial charge >= 0.3 is 0 Å². The molecule has 0 spiro atoms. The van der Waals surface area contributed by atoms with E-state index in [-0.39, 0.29) is 5.92 Å². The Hall–Kier alpha value is -9.40. The molecular weight excluding hydrogens is 965 g/mol. The molecular formula is C71H60N8. The number of fused-ring (bicyclic) bond motifs is 3. The third kappa shape index (κ3) is 9.43.